The summed E-state index contributed by atoms with van der Waals surface area (Å²) < 4.78 is 5.46. The number of alkyl halides is 1. The molecule has 0 aliphatic rings. The monoisotopic (exact) mass is 228 g/mol. The van der Waals surface area contributed by atoms with Crippen molar-refractivity contribution in [1.29, 1.82) is 0 Å². The number of rotatable bonds is 5. The second-order valence-electron chi connectivity index (χ2n) is 3.24. The van der Waals surface area contributed by atoms with E-state index in [4.69, 9.17) is 26.4 Å². The first-order valence-corrected chi connectivity index (χ1v) is 5.34. The van der Waals surface area contributed by atoms with Crippen molar-refractivity contribution in [1.82, 2.24) is 0 Å². The summed E-state index contributed by atoms with van der Waals surface area (Å²) in [5.41, 5.74) is 1.22. The molecular weight excluding hydrogens is 214 g/mol. The summed E-state index contributed by atoms with van der Waals surface area (Å²) in [6.07, 6.45) is 0.771. The van der Waals surface area contributed by atoms with Crippen LogP contribution in [0.1, 0.15) is 12.0 Å². The minimum Gasteiger partial charge on any atom is -0.493 e. The van der Waals surface area contributed by atoms with Crippen LogP contribution in [0.25, 0.3) is 0 Å². The van der Waals surface area contributed by atoms with E-state index in [1.54, 1.807) is 25.1 Å². The maximum absolute atomic E-state index is 9.08. The summed E-state index contributed by atoms with van der Waals surface area (Å²) in [5, 5.41) is 18.2. The lowest BCUT2D eigenvalue weighted by atomic mass is 9.77. The first-order valence-electron chi connectivity index (χ1n) is 4.81. The molecule has 0 spiro atoms. The number of hydrogen-bond donors (Lipinski definition) is 2. The Hall–Kier alpha value is -0.705. The molecule has 0 aliphatic heterocycles. The average molecular weight is 228 g/mol. The molecule has 0 heterocycles. The second kappa shape index (κ2) is 6.00. The highest BCUT2D eigenvalue weighted by atomic mass is 35.5. The van der Waals surface area contributed by atoms with Crippen molar-refractivity contribution < 1.29 is 14.8 Å². The fraction of sp³-hybridized carbons (Fsp3) is 0.400. The van der Waals surface area contributed by atoms with Crippen LogP contribution in [0.15, 0.2) is 18.2 Å². The highest BCUT2D eigenvalue weighted by Gasteiger charge is 2.15. The lowest BCUT2D eigenvalue weighted by Gasteiger charge is -2.11. The Morgan fingerprint density at radius 2 is 2.13 bits per heavy atom. The van der Waals surface area contributed by atoms with E-state index in [1.165, 1.54) is 0 Å². The Morgan fingerprint density at radius 1 is 1.40 bits per heavy atom. The van der Waals surface area contributed by atoms with E-state index in [-0.39, 0.29) is 0 Å². The molecular formula is C10H14BClO3. The first kappa shape index (κ1) is 12.4. The summed E-state index contributed by atoms with van der Waals surface area (Å²) in [4.78, 5) is 0. The van der Waals surface area contributed by atoms with Gasteiger partial charge >= 0.3 is 7.12 Å². The Kier molecular flexibility index (Phi) is 4.95. The molecule has 82 valence electrons. The van der Waals surface area contributed by atoms with Crippen molar-refractivity contribution >= 4 is 24.2 Å². The minimum absolute atomic E-state index is 0.471. The van der Waals surface area contributed by atoms with E-state index < -0.39 is 7.12 Å². The van der Waals surface area contributed by atoms with Crippen LogP contribution < -0.4 is 10.2 Å². The van der Waals surface area contributed by atoms with Crippen molar-refractivity contribution in [2.24, 2.45) is 0 Å². The van der Waals surface area contributed by atoms with Crippen molar-refractivity contribution in [3.63, 3.8) is 0 Å². The molecule has 0 saturated carbocycles. The lowest BCUT2D eigenvalue weighted by molar-refractivity contribution is 0.316. The molecule has 0 aromatic heterocycles. The molecule has 0 unspecified atom stereocenters. The molecule has 5 heteroatoms. The van der Waals surface area contributed by atoms with Crippen LogP contribution in [0, 0.1) is 6.92 Å². The van der Waals surface area contributed by atoms with Crippen molar-refractivity contribution in [3.8, 4) is 5.75 Å². The van der Waals surface area contributed by atoms with Crippen LogP contribution in [0.2, 0.25) is 0 Å². The lowest BCUT2D eigenvalue weighted by Crippen LogP contribution is -2.32. The fourth-order valence-corrected chi connectivity index (χ4v) is 1.41. The van der Waals surface area contributed by atoms with Crippen LogP contribution in [0.4, 0.5) is 0 Å². The van der Waals surface area contributed by atoms with Crippen molar-refractivity contribution in [2.45, 2.75) is 13.3 Å². The van der Waals surface area contributed by atoms with Crippen LogP contribution in [0.3, 0.4) is 0 Å². The molecule has 0 amide bonds. The molecule has 0 aliphatic carbocycles. The Labute approximate surface area is 94.8 Å². The fourth-order valence-electron chi connectivity index (χ4n) is 1.30. The molecule has 1 aromatic rings. The molecule has 0 bridgehead atoms. The summed E-state index contributed by atoms with van der Waals surface area (Å²) in [6.45, 7) is 2.33. The molecule has 1 aromatic carbocycles. The van der Waals surface area contributed by atoms with E-state index in [1.807, 2.05) is 0 Å². The Bertz CT molecular complexity index is 318. The first-order chi connectivity index (χ1) is 7.16. The zero-order chi connectivity index (χ0) is 11.3. The zero-order valence-electron chi connectivity index (χ0n) is 8.61. The summed E-state index contributed by atoms with van der Waals surface area (Å²) in [6, 6.07) is 5.20. The number of hydrogen-bond acceptors (Lipinski definition) is 3. The second-order valence-corrected chi connectivity index (χ2v) is 3.61. The molecule has 15 heavy (non-hydrogen) atoms. The van der Waals surface area contributed by atoms with E-state index in [9.17, 15) is 0 Å². The van der Waals surface area contributed by atoms with Crippen molar-refractivity contribution in [3.05, 3.63) is 23.8 Å². The highest BCUT2D eigenvalue weighted by Crippen LogP contribution is 2.15. The number of benzene rings is 1. The highest BCUT2D eigenvalue weighted by molar-refractivity contribution is 6.59. The normalized spacial score (nSPS) is 10.1. The van der Waals surface area contributed by atoms with Crippen LogP contribution in [-0.2, 0) is 0 Å². The summed E-state index contributed by atoms with van der Waals surface area (Å²) >= 11 is 5.53. The van der Waals surface area contributed by atoms with Crippen LogP contribution in [-0.4, -0.2) is 29.7 Å². The summed E-state index contributed by atoms with van der Waals surface area (Å²) in [5.74, 6) is 1.23. The molecule has 0 radical (unpaired) electrons. The van der Waals surface area contributed by atoms with Gasteiger partial charge in [0.05, 0.1) is 6.61 Å². The minimum atomic E-state index is -1.46. The molecule has 2 N–H and O–H groups in total. The van der Waals surface area contributed by atoms with Gasteiger partial charge in [-0.25, -0.2) is 0 Å². The maximum Gasteiger partial charge on any atom is 0.488 e. The van der Waals surface area contributed by atoms with Gasteiger partial charge in [0.15, 0.2) is 0 Å². The average Bonchev–Trinajstić information content (AvgIpc) is 2.20. The van der Waals surface area contributed by atoms with E-state index in [2.05, 4.69) is 0 Å². The Morgan fingerprint density at radius 3 is 2.73 bits per heavy atom. The van der Waals surface area contributed by atoms with Gasteiger partial charge in [-0.2, -0.15) is 0 Å². The predicted octanol–water partition coefficient (Wildman–Crippen LogP) is 0.683. The third kappa shape index (κ3) is 3.41. The molecule has 0 saturated heterocycles. The molecule has 0 atom stereocenters. The third-order valence-corrected chi connectivity index (χ3v) is 2.41. The van der Waals surface area contributed by atoms with Gasteiger partial charge in [0.1, 0.15) is 5.75 Å². The number of ether oxygens (including phenoxy) is 1. The van der Waals surface area contributed by atoms with E-state index in [0.717, 1.165) is 12.0 Å². The van der Waals surface area contributed by atoms with E-state index in [0.29, 0.717) is 23.7 Å². The smallest absolute Gasteiger partial charge is 0.488 e. The standard InChI is InChI=1S/C10H14BClO3/c1-8-9(11(13)14)4-2-5-10(8)15-7-3-6-12/h2,4-5,13-14H,3,6-7H2,1H3. The van der Waals surface area contributed by atoms with Gasteiger partial charge in [-0.1, -0.05) is 12.1 Å². The van der Waals surface area contributed by atoms with Crippen LogP contribution >= 0.6 is 11.6 Å². The summed E-state index contributed by atoms with van der Waals surface area (Å²) in [7, 11) is -1.46. The molecule has 1 rings (SSSR count). The number of halogens is 1. The van der Waals surface area contributed by atoms with E-state index >= 15 is 0 Å². The van der Waals surface area contributed by atoms with Gasteiger partial charge in [0, 0.05) is 5.88 Å². The van der Waals surface area contributed by atoms with Gasteiger partial charge in [0.25, 0.3) is 0 Å². The zero-order valence-corrected chi connectivity index (χ0v) is 9.37. The van der Waals surface area contributed by atoms with Gasteiger partial charge in [0.2, 0.25) is 0 Å². The van der Waals surface area contributed by atoms with Gasteiger partial charge in [-0.05, 0) is 30.4 Å². The van der Waals surface area contributed by atoms with Crippen LogP contribution in [0.5, 0.6) is 5.75 Å². The topological polar surface area (TPSA) is 49.7 Å². The quantitative estimate of drug-likeness (QED) is 0.443. The largest absolute Gasteiger partial charge is 0.493 e. The SMILES string of the molecule is Cc1c(OCCCCl)cccc1B(O)O. The molecule has 0 fully saturated rings. The third-order valence-electron chi connectivity index (χ3n) is 2.14. The predicted molar refractivity (Wildman–Crippen MR) is 61.8 cm³/mol. The Balaban J connectivity index is 2.75. The van der Waals surface area contributed by atoms with Crippen molar-refractivity contribution in [2.75, 3.05) is 12.5 Å². The molecule has 3 nitrogen and oxygen atoms in total. The van der Waals surface area contributed by atoms with Gasteiger partial charge in [-0.15, -0.1) is 11.6 Å². The van der Waals surface area contributed by atoms with Gasteiger partial charge in [-0.3, -0.25) is 0 Å². The maximum atomic E-state index is 9.08. The van der Waals surface area contributed by atoms with Gasteiger partial charge < -0.3 is 14.8 Å².